The second-order valence-corrected chi connectivity index (χ2v) is 36.5. The van der Waals surface area contributed by atoms with Crippen LogP contribution >= 0.6 is 0 Å². The van der Waals surface area contributed by atoms with Crippen LogP contribution in [0.3, 0.4) is 0 Å². The van der Waals surface area contributed by atoms with Crippen molar-refractivity contribution in [2.24, 2.45) is 5.92 Å². The van der Waals surface area contributed by atoms with Gasteiger partial charge in [0, 0.05) is 0 Å². The summed E-state index contributed by atoms with van der Waals surface area (Å²) in [7, 11) is -8.32. The van der Waals surface area contributed by atoms with Gasteiger partial charge in [0.05, 0.1) is 24.2 Å². The molecule has 0 aromatic heterocycles. The van der Waals surface area contributed by atoms with Crippen LogP contribution in [0.1, 0.15) is 61.1 Å². The molecule has 1 aliphatic carbocycles. The van der Waals surface area contributed by atoms with Gasteiger partial charge >= 0.3 is 0 Å². The molecule has 0 amide bonds. The fraction of sp³-hybridized carbons (Fsp3) is 0.476. The molecule has 248 valence electrons. The second-order valence-electron chi connectivity index (χ2n) is 17.9. The summed E-state index contributed by atoms with van der Waals surface area (Å²) in [6.45, 7) is 47.7. The van der Waals surface area contributed by atoms with Crippen molar-refractivity contribution in [3.05, 3.63) is 91.7 Å². The Morgan fingerprint density at radius 1 is 0.413 bits per heavy atom. The van der Waals surface area contributed by atoms with Crippen molar-refractivity contribution in [2.45, 2.75) is 128 Å². The SMILES string of the molecule is CC1=C(C)C(C)C([Si](c2ccc(C)c(C)c2[Si](C)(C)C)(c2ccc(C)c(C)c2[Si](C)(C)C)c2ccc(C)c(C)c2[Si](C)(C)C)=C1C. The molecule has 0 bridgehead atoms. The Morgan fingerprint density at radius 3 is 0.913 bits per heavy atom. The summed E-state index contributed by atoms with van der Waals surface area (Å²) in [4.78, 5) is 0. The normalized spacial score (nSPS) is 16.6. The first-order chi connectivity index (χ1) is 20.9. The molecule has 0 saturated heterocycles. The van der Waals surface area contributed by atoms with Gasteiger partial charge < -0.3 is 0 Å². The van der Waals surface area contributed by atoms with Gasteiger partial charge in [-0.2, -0.15) is 0 Å². The van der Waals surface area contributed by atoms with Crippen molar-refractivity contribution in [1.29, 1.82) is 0 Å². The minimum Gasteiger partial charge on any atom is -0.0656 e. The van der Waals surface area contributed by atoms with E-state index in [0.717, 1.165) is 0 Å². The zero-order valence-electron chi connectivity index (χ0n) is 33.0. The lowest BCUT2D eigenvalue weighted by Crippen LogP contribution is -2.81. The number of hydrogen-bond donors (Lipinski definition) is 0. The number of allylic oxidation sites excluding steroid dienone is 4. The monoisotopic (exact) mass is 680 g/mol. The quantitative estimate of drug-likeness (QED) is 0.174. The molecule has 0 spiro atoms. The zero-order chi connectivity index (χ0) is 35.1. The molecule has 3 aromatic carbocycles. The largest absolute Gasteiger partial charge is 0.176 e. The molecule has 0 aliphatic heterocycles. The first kappa shape index (κ1) is 36.8. The summed E-state index contributed by atoms with van der Waals surface area (Å²) >= 11 is 0. The van der Waals surface area contributed by atoms with E-state index in [-0.39, 0.29) is 0 Å². The van der Waals surface area contributed by atoms with E-state index in [9.17, 15) is 0 Å². The molecule has 4 rings (SSSR count). The highest BCUT2D eigenvalue weighted by molar-refractivity contribution is 7.22. The maximum Gasteiger partial charge on any atom is 0.176 e. The second kappa shape index (κ2) is 12.2. The van der Waals surface area contributed by atoms with E-state index in [0.29, 0.717) is 5.92 Å². The number of aryl methyl sites for hydroxylation is 3. The lowest BCUT2D eigenvalue weighted by molar-refractivity contribution is 0.852. The van der Waals surface area contributed by atoms with Crippen LogP contribution in [-0.2, 0) is 0 Å². The molecule has 0 N–H and O–H groups in total. The van der Waals surface area contributed by atoms with E-state index in [1.54, 1.807) is 47.5 Å². The predicted molar refractivity (Wildman–Crippen MR) is 222 cm³/mol. The molecule has 0 fully saturated rings. The Balaban J connectivity index is 2.58. The molecule has 1 aliphatic rings. The van der Waals surface area contributed by atoms with E-state index >= 15 is 0 Å². The van der Waals surface area contributed by atoms with Crippen molar-refractivity contribution in [3.8, 4) is 0 Å². The fourth-order valence-electron chi connectivity index (χ4n) is 9.12. The van der Waals surface area contributed by atoms with Crippen LogP contribution in [0.5, 0.6) is 0 Å². The van der Waals surface area contributed by atoms with Crippen LogP contribution in [0.2, 0.25) is 58.9 Å². The van der Waals surface area contributed by atoms with E-state index in [1.807, 2.05) is 0 Å². The van der Waals surface area contributed by atoms with E-state index in [4.69, 9.17) is 0 Å². The third-order valence-corrected chi connectivity index (χ3v) is 24.2. The van der Waals surface area contributed by atoms with Crippen molar-refractivity contribution < 1.29 is 0 Å². The van der Waals surface area contributed by atoms with Crippen LogP contribution in [-0.4, -0.2) is 32.3 Å². The molecule has 0 saturated carbocycles. The van der Waals surface area contributed by atoms with Gasteiger partial charge in [0.25, 0.3) is 0 Å². The van der Waals surface area contributed by atoms with E-state index < -0.39 is 32.3 Å². The van der Waals surface area contributed by atoms with Crippen molar-refractivity contribution in [1.82, 2.24) is 0 Å². The van der Waals surface area contributed by atoms with Crippen molar-refractivity contribution >= 4 is 63.4 Å². The summed E-state index contributed by atoms with van der Waals surface area (Å²) in [5.41, 5.74) is 13.6. The summed E-state index contributed by atoms with van der Waals surface area (Å²) in [6.07, 6.45) is 0. The highest BCUT2D eigenvalue weighted by Crippen LogP contribution is 2.42. The topological polar surface area (TPSA) is 0 Å². The van der Waals surface area contributed by atoms with Gasteiger partial charge in [-0.1, -0.05) is 134 Å². The van der Waals surface area contributed by atoms with Gasteiger partial charge in [0.15, 0.2) is 8.07 Å². The zero-order valence-corrected chi connectivity index (χ0v) is 37.0. The van der Waals surface area contributed by atoms with Gasteiger partial charge in [-0.15, -0.1) is 0 Å². The molecule has 46 heavy (non-hydrogen) atoms. The fourth-order valence-corrected chi connectivity index (χ4v) is 26.9. The Kier molecular flexibility index (Phi) is 9.74. The molecular formula is C42H64Si4. The minimum atomic E-state index is -2.88. The highest BCUT2D eigenvalue weighted by Gasteiger charge is 2.53. The molecule has 0 heterocycles. The molecule has 1 unspecified atom stereocenters. The van der Waals surface area contributed by atoms with Crippen molar-refractivity contribution in [2.75, 3.05) is 0 Å². The van der Waals surface area contributed by atoms with E-state index in [2.05, 4.69) is 165 Å². The smallest absolute Gasteiger partial charge is 0.0656 e. The minimum absolute atomic E-state index is 0.412. The number of rotatable bonds is 7. The Bertz CT molecular complexity index is 1610. The van der Waals surface area contributed by atoms with Gasteiger partial charge in [-0.25, -0.2) is 0 Å². The Morgan fingerprint density at radius 2 is 0.696 bits per heavy atom. The van der Waals surface area contributed by atoms with Crippen LogP contribution in [0, 0.1) is 47.5 Å². The summed E-state index contributed by atoms with van der Waals surface area (Å²) in [5.74, 6) is 0.412. The molecule has 0 nitrogen and oxygen atoms in total. The van der Waals surface area contributed by atoms with Crippen molar-refractivity contribution in [3.63, 3.8) is 0 Å². The highest BCUT2D eigenvalue weighted by atomic mass is 28.3. The molecular weight excluding hydrogens is 617 g/mol. The first-order valence-corrected chi connectivity index (χ1v) is 30.1. The summed E-state index contributed by atoms with van der Waals surface area (Å²) in [6, 6.07) is 15.4. The predicted octanol–water partition coefficient (Wildman–Crippen LogP) is 8.48. The molecule has 3 aromatic rings. The summed E-state index contributed by atoms with van der Waals surface area (Å²) in [5, 5.41) is 12.0. The molecule has 4 heteroatoms. The van der Waals surface area contributed by atoms with Gasteiger partial charge in [-0.05, 0) is 123 Å². The van der Waals surface area contributed by atoms with Gasteiger partial charge in [0.2, 0.25) is 0 Å². The Hall–Kier alpha value is -1.99. The molecule has 0 radical (unpaired) electrons. The van der Waals surface area contributed by atoms with Crippen LogP contribution in [0.4, 0.5) is 0 Å². The number of hydrogen-bond acceptors (Lipinski definition) is 0. The van der Waals surface area contributed by atoms with Crippen LogP contribution < -0.4 is 31.1 Å². The summed E-state index contributed by atoms with van der Waals surface area (Å²) < 4.78 is 0. The standard InChI is InChI=1S/C42H64Si4/c1-26-20-23-36(40(29(26)4)43(11,12)13)46(39-34(9)32(7)33(8)35(39)10,37-24-21-27(2)30(5)41(37)44(14,15)16)38-25-22-28(3)31(6)42(38)45(17,18)19/h20-25,34H,1-19H3. The Labute approximate surface area is 287 Å². The first-order valence-electron chi connectivity index (χ1n) is 17.6. The maximum atomic E-state index is 2.66. The lowest BCUT2D eigenvalue weighted by atomic mass is 10.1. The lowest BCUT2D eigenvalue weighted by Gasteiger charge is -2.46. The maximum absolute atomic E-state index is 2.88. The van der Waals surface area contributed by atoms with Gasteiger partial charge in [0.1, 0.15) is 0 Å². The average Bonchev–Trinajstić information content (AvgIpc) is 3.10. The molecule has 1 atom stereocenters. The van der Waals surface area contributed by atoms with E-state index in [1.165, 1.54) is 39.0 Å². The van der Waals surface area contributed by atoms with Crippen LogP contribution in [0.25, 0.3) is 0 Å². The van der Waals surface area contributed by atoms with Crippen LogP contribution in [0.15, 0.2) is 58.3 Å². The average molecular weight is 681 g/mol. The third kappa shape index (κ3) is 5.73. The third-order valence-electron chi connectivity index (χ3n) is 11.7. The number of benzene rings is 3. The van der Waals surface area contributed by atoms with Gasteiger partial charge in [-0.3, -0.25) is 0 Å².